The van der Waals surface area contributed by atoms with Gasteiger partial charge in [0.25, 0.3) is 0 Å². The third-order valence-electron chi connectivity index (χ3n) is 9.72. The molecule has 2 aromatic carbocycles. The van der Waals surface area contributed by atoms with Crippen LogP contribution < -0.4 is 21.3 Å². The highest BCUT2D eigenvalue weighted by molar-refractivity contribution is 5.92. The average Bonchev–Trinajstić information content (AvgIpc) is 3.55. The first-order valence-electron chi connectivity index (χ1n) is 19.3. The van der Waals surface area contributed by atoms with Crippen molar-refractivity contribution >= 4 is 40.7 Å². The molecule has 0 fully saturated rings. The van der Waals surface area contributed by atoms with Crippen LogP contribution in [0.15, 0.2) is 60.8 Å². The summed E-state index contributed by atoms with van der Waals surface area (Å²) >= 11 is 0. The molecule has 3 rings (SSSR count). The van der Waals surface area contributed by atoms with Gasteiger partial charge in [0.15, 0.2) is 0 Å². The number of aliphatic hydroxyl groups is 1. The maximum atomic E-state index is 14.2. The summed E-state index contributed by atoms with van der Waals surface area (Å²) in [5.74, 6) is -3.24. The molecule has 0 aliphatic rings. The van der Waals surface area contributed by atoms with Crippen LogP contribution in [-0.4, -0.2) is 75.7 Å². The first kappa shape index (κ1) is 44.5. The van der Waals surface area contributed by atoms with Gasteiger partial charge in [0.1, 0.15) is 30.3 Å². The van der Waals surface area contributed by atoms with E-state index in [2.05, 4.69) is 26.3 Å². The minimum absolute atomic E-state index is 0.0448. The fourth-order valence-corrected chi connectivity index (χ4v) is 6.06. The molecular weight excluding hydrogens is 702 g/mol. The van der Waals surface area contributed by atoms with Gasteiger partial charge in [-0.15, -0.1) is 0 Å². The lowest BCUT2D eigenvalue weighted by molar-refractivity contribution is -0.150. The number of ether oxygens (including phenoxy) is 2. The lowest BCUT2D eigenvalue weighted by Gasteiger charge is -2.31. The molecular formula is C42H61N5O8. The zero-order valence-corrected chi connectivity index (χ0v) is 33.7. The monoisotopic (exact) mass is 763 g/mol. The number of aromatic amines is 1. The third-order valence-corrected chi connectivity index (χ3v) is 9.72. The fourth-order valence-electron chi connectivity index (χ4n) is 6.06. The first-order valence-corrected chi connectivity index (χ1v) is 19.3. The summed E-state index contributed by atoms with van der Waals surface area (Å²) in [6.07, 6.45) is 0.467. The van der Waals surface area contributed by atoms with Crippen molar-refractivity contribution in [1.82, 2.24) is 26.3 Å². The van der Waals surface area contributed by atoms with Crippen molar-refractivity contribution in [1.29, 1.82) is 0 Å². The summed E-state index contributed by atoms with van der Waals surface area (Å²) in [6, 6.07) is 12.8. The van der Waals surface area contributed by atoms with Crippen LogP contribution in [0.25, 0.3) is 10.9 Å². The third kappa shape index (κ3) is 13.7. The summed E-state index contributed by atoms with van der Waals surface area (Å²) in [6.45, 7) is 16.2. The van der Waals surface area contributed by atoms with E-state index in [0.29, 0.717) is 12.8 Å². The van der Waals surface area contributed by atoms with E-state index in [1.54, 1.807) is 40.8 Å². The lowest BCUT2D eigenvalue weighted by Crippen LogP contribution is -2.59. The van der Waals surface area contributed by atoms with Gasteiger partial charge >= 0.3 is 12.1 Å². The largest absolute Gasteiger partial charge is 0.459 e. The lowest BCUT2D eigenvalue weighted by atomic mass is 9.93. The van der Waals surface area contributed by atoms with Crippen LogP contribution in [0.3, 0.4) is 0 Å². The molecule has 1 heterocycles. The molecule has 1 aromatic heterocycles. The van der Waals surface area contributed by atoms with Crippen LogP contribution in [0.4, 0.5) is 4.79 Å². The smallest absolute Gasteiger partial charge is 0.408 e. The van der Waals surface area contributed by atoms with Gasteiger partial charge in [-0.3, -0.25) is 14.4 Å². The van der Waals surface area contributed by atoms with E-state index in [1.807, 2.05) is 82.3 Å². The molecule has 13 nitrogen and oxygen atoms in total. The average molecular weight is 764 g/mol. The van der Waals surface area contributed by atoms with Crippen molar-refractivity contribution in [3.05, 3.63) is 71.9 Å². The maximum absolute atomic E-state index is 14.2. The molecule has 0 aliphatic carbocycles. The maximum Gasteiger partial charge on any atom is 0.408 e. The van der Waals surface area contributed by atoms with Crippen LogP contribution in [0.5, 0.6) is 0 Å². The number of fused-ring (bicyclic) bond motifs is 1. The molecule has 302 valence electrons. The highest BCUT2D eigenvalue weighted by Crippen LogP contribution is 2.22. The van der Waals surface area contributed by atoms with Crippen molar-refractivity contribution in [2.24, 2.45) is 17.8 Å². The molecule has 3 unspecified atom stereocenters. The van der Waals surface area contributed by atoms with E-state index in [9.17, 15) is 29.1 Å². The van der Waals surface area contributed by atoms with Crippen LogP contribution in [-0.2, 0) is 41.7 Å². The Morgan fingerprint density at radius 1 is 0.764 bits per heavy atom. The highest BCUT2D eigenvalue weighted by Gasteiger charge is 2.36. The molecule has 4 amide bonds. The zero-order valence-electron chi connectivity index (χ0n) is 33.7. The van der Waals surface area contributed by atoms with E-state index in [-0.39, 0.29) is 30.8 Å². The van der Waals surface area contributed by atoms with Gasteiger partial charge in [-0.1, -0.05) is 103 Å². The number of hydrogen-bond acceptors (Lipinski definition) is 8. The second-order valence-electron chi connectivity index (χ2n) is 15.7. The summed E-state index contributed by atoms with van der Waals surface area (Å²) in [7, 11) is 0. The Morgan fingerprint density at radius 2 is 1.35 bits per heavy atom. The minimum atomic E-state index is -1.39. The molecule has 7 atom stereocenters. The van der Waals surface area contributed by atoms with E-state index in [4.69, 9.17) is 9.47 Å². The van der Waals surface area contributed by atoms with E-state index >= 15 is 0 Å². The number of hydrogen-bond donors (Lipinski definition) is 6. The summed E-state index contributed by atoms with van der Waals surface area (Å²) in [5.41, 5.74) is 1.69. The Morgan fingerprint density at radius 3 is 1.95 bits per heavy atom. The number of para-hydroxylation sites is 1. The number of benzene rings is 2. The predicted octanol–water partition coefficient (Wildman–Crippen LogP) is 5.30. The molecule has 0 radical (unpaired) electrons. The highest BCUT2D eigenvalue weighted by atomic mass is 16.6. The van der Waals surface area contributed by atoms with Gasteiger partial charge in [-0.25, -0.2) is 9.59 Å². The fraction of sp³-hybridized carbons (Fsp3) is 0.548. The number of alkyl carbamates (subject to hydrolysis) is 1. The number of carbonyl (C=O) groups is 5. The van der Waals surface area contributed by atoms with Crippen molar-refractivity contribution in [3.8, 4) is 0 Å². The van der Waals surface area contributed by atoms with Crippen LogP contribution in [0, 0.1) is 17.8 Å². The van der Waals surface area contributed by atoms with Gasteiger partial charge in [-0.05, 0) is 62.1 Å². The number of esters is 1. The standard InChI is InChI=1S/C42H61N5O8/c1-10-26(5)36(46-39(51)37(27(6)11-2)47-41(53)55-42(7,8)9)38(50)44-32(21-29-23-43-31-20-16-15-19-30(29)31)33(48)22-34(49)45-35(25(3)4)40(52)54-24-28-17-13-12-14-18-28/h12-20,23,25-27,32-33,35-37,43,48H,10-11,21-22,24H2,1-9H3,(H,44,50)(H,45,49)(H,46,51)(H,47,53)/t26?,27?,32-,33?,35-,36-,37-/m0/s1. The number of carbonyl (C=O) groups excluding carboxylic acids is 5. The number of nitrogens with one attached hydrogen (secondary N) is 5. The second-order valence-corrected chi connectivity index (χ2v) is 15.7. The SMILES string of the molecule is CCC(C)[C@H](NC(=O)OC(C)(C)C)C(=O)N[C@H](C(=O)N[C@@H](Cc1c[nH]c2ccccc12)C(O)CC(=O)N[C@H](C(=O)OCc1ccccc1)C(C)C)C(C)CC. The first-order chi connectivity index (χ1) is 25.9. The number of rotatable bonds is 19. The summed E-state index contributed by atoms with van der Waals surface area (Å²) in [5, 5.41) is 23.7. The molecule has 0 saturated heterocycles. The summed E-state index contributed by atoms with van der Waals surface area (Å²) in [4.78, 5) is 70.4. The van der Waals surface area contributed by atoms with Crippen LogP contribution >= 0.6 is 0 Å². The molecule has 3 aromatic rings. The van der Waals surface area contributed by atoms with E-state index < -0.39 is 72.1 Å². The predicted molar refractivity (Wildman–Crippen MR) is 212 cm³/mol. The molecule has 0 spiro atoms. The Bertz CT molecular complexity index is 1720. The van der Waals surface area contributed by atoms with Gasteiger partial charge < -0.3 is 40.8 Å². The van der Waals surface area contributed by atoms with Gasteiger partial charge in [0, 0.05) is 17.1 Å². The topological polar surface area (TPSA) is 188 Å². The van der Waals surface area contributed by atoms with Crippen molar-refractivity contribution < 1.29 is 38.6 Å². The molecule has 13 heteroatoms. The Hall–Kier alpha value is -4.91. The Balaban J connectivity index is 1.83. The van der Waals surface area contributed by atoms with Gasteiger partial charge in [0.2, 0.25) is 17.7 Å². The number of H-pyrrole nitrogens is 1. The van der Waals surface area contributed by atoms with Crippen molar-refractivity contribution in [2.45, 2.75) is 130 Å². The van der Waals surface area contributed by atoms with Gasteiger partial charge in [-0.2, -0.15) is 0 Å². The van der Waals surface area contributed by atoms with Crippen molar-refractivity contribution in [3.63, 3.8) is 0 Å². The Kier molecular flexibility index (Phi) is 16.7. The van der Waals surface area contributed by atoms with E-state index in [0.717, 1.165) is 22.0 Å². The molecule has 0 bridgehead atoms. The number of aliphatic hydroxyl groups excluding tert-OH is 1. The van der Waals surface area contributed by atoms with Crippen LogP contribution in [0.1, 0.15) is 92.7 Å². The second kappa shape index (κ2) is 20.7. The normalized spacial score (nSPS) is 15.5. The van der Waals surface area contributed by atoms with E-state index in [1.165, 1.54) is 0 Å². The number of aromatic nitrogens is 1. The molecule has 6 N–H and O–H groups in total. The van der Waals surface area contributed by atoms with Crippen LogP contribution in [0.2, 0.25) is 0 Å². The summed E-state index contributed by atoms with van der Waals surface area (Å²) < 4.78 is 10.9. The van der Waals surface area contributed by atoms with Crippen molar-refractivity contribution in [2.75, 3.05) is 0 Å². The molecule has 0 aliphatic heterocycles. The zero-order chi connectivity index (χ0) is 40.9. The Labute approximate surface area is 325 Å². The number of amides is 4. The quantitative estimate of drug-likeness (QED) is 0.0888. The molecule has 0 saturated carbocycles. The molecule has 55 heavy (non-hydrogen) atoms. The minimum Gasteiger partial charge on any atom is -0.459 e. The van der Waals surface area contributed by atoms with Gasteiger partial charge in [0.05, 0.1) is 18.6 Å².